The number of aromatic nitrogens is 3. The maximum absolute atomic E-state index is 11.0. The van der Waals surface area contributed by atoms with E-state index in [0.29, 0.717) is 13.1 Å². The maximum Gasteiger partial charge on any atom is 0.410 e. The Bertz CT molecular complexity index is 297. The molecule has 1 aromatic rings. The van der Waals surface area contributed by atoms with Crippen molar-refractivity contribution in [1.82, 2.24) is 19.7 Å². The predicted molar refractivity (Wildman–Crippen MR) is 42.9 cm³/mol. The van der Waals surface area contributed by atoms with Crippen LogP contribution in [0.5, 0.6) is 0 Å². The van der Waals surface area contributed by atoms with Crippen LogP contribution in [-0.2, 0) is 11.3 Å². The molecule has 2 heterocycles. The van der Waals surface area contributed by atoms with Crippen molar-refractivity contribution in [3.63, 3.8) is 0 Å². The van der Waals surface area contributed by atoms with E-state index in [1.807, 2.05) is 0 Å². The lowest BCUT2D eigenvalue weighted by Crippen LogP contribution is -2.22. The van der Waals surface area contributed by atoms with Crippen LogP contribution in [0.25, 0.3) is 0 Å². The van der Waals surface area contributed by atoms with Crippen LogP contribution in [0, 0.1) is 0 Å². The van der Waals surface area contributed by atoms with Crippen molar-refractivity contribution in [2.75, 3.05) is 13.6 Å². The van der Waals surface area contributed by atoms with Crippen molar-refractivity contribution in [2.45, 2.75) is 12.6 Å². The second-order valence-corrected chi connectivity index (χ2v) is 3.00. The Hall–Kier alpha value is -1.59. The monoisotopic (exact) mass is 182 g/mol. The summed E-state index contributed by atoms with van der Waals surface area (Å²) in [6.07, 6.45) is 2.68. The molecule has 0 bridgehead atoms. The fourth-order valence-corrected chi connectivity index (χ4v) is 1.28. The molecule has 1 atom stereocenters. The Morgan fingerprint density at radius 1 is 1.77 bits per heavy atom. The molecule has 1 aromatic heterocycles. The fraction of sp³-hybridized carbons (Fsp3) is 0.571. The molecular weight excluding hydrogens is 172 g/mol. The molecule has 0 spiro atoms. The van der Waals surface area contributed by atoms with E-state index in [-0.39, 0.29) is 12.2 Å². The van der Waals surface area contributed by atoms with E-state index >= 15 is 0 Å². The first-order valence-electron chi connectivity index (χ1n) is 4.00. The molecule has 6 nitrogen and oxygen atoms in total. The highest BCUT2D eigenvalue weighted by molar-refractivity contribution is 5.69. The first-order chi connectivity index (χ1) is 6.25. The summed E-state index contributed by atoms with van der Waals surface area (Å²) in [5, 5.41) is 3.93. The number of carbonyl (C=O) groups excluding carboxylic acids is 1. The van der Waals surface area contributed by atoms with Gasteiger partial charge in [0.05, 0.1) is 13.1 Å². The average molecular weight is 182 g/mol. The summed E-state index contributed by atoms with van der Waals surface area (Å²) in [6, 6.07) is 0. The van der Waals surface area contributed by atoms with Crippen LogP contribution in [-0.4, -0.2) is 45.5 Å². The first kappa shape index (κ1) is 8.03. The van der Waals surface area contributed by atoms with E-state index in [1.165, 1.54) is 6.33 Å². The van der Waals surface area contributed by atoms with Crippen LogP contribution in [0.1, 0.15) is 0 Å². The topological polar surface area (TPSA) is 60.3 Å². The quantitative estimate of drug-likeness (QED) is 0.631. The van der Waals surface area contributed by atoms with E-state index in [1.54, 1.807) is 23.0 Å². The molecular formula is C7H10N4O2. The molecule has 0 N–H and O–H groups in total. The van der Waals surface area contributed by atoms with E-state index < -0.39 is 0 Å². The van der Waals surface area contributed by atoms with Gasteiger partial charge in [0, 0.05) is 7.05 Å². The largest absolute Gasteiger partial charge is 0.442 e. The predicted octanol–water partition coefficient (Wildman–Crippen LogP) is -0.271. The smallest absolute Gasteiger partial charge is 0.410 e. The van der Waals surface area contributed by atoms with Gasteiger partial charge >= 0.3 is 6.09 Å². The average Bonchev–Trinajstić information content (AvgIpc) is 2.64. The minimum Gasteiger partial charge on any atom is -0.442 e. The van der Waals surface area contributed by atoms with Crippen molar-refractivity contribution >= 4 is 6.09 Å². The minimum absolute atomic E-state index is 0.112. The van der Waals surface area contributed by atoms with Crippen molar-refractivity contribution in [3.05, 3.63) is 12.7 Å². The van der Waals surface area contributed by atoms with Gasteiger partial charge in [-0.25, -0.2) is 14.5 Å². The Balaban J connectivity index is 1.94. The van der Waals surface area contributed by atoms with Gasteiger partial charge in [-0.05, 0) is 0 Å². The number of nitrogens with zero attached hydrogens (tertiary/aromatic N) is 4. The highest BCUT2D eigenvalue weighted by Gasteiger charge is 2.28. The summed E-state index contributed by atoms with van der Waals surface area (Å²) in [6.45, 7) is 1.18. The number of rotatable bonds is 2. The zero-order valence-electron chi connectivity index (χ0n) is 7.25. The molecule has 0 aromatic carbocycles. The van der Waals surface area contributed by atoms with Crippen molar-refractivity contribution < 1.29 is 9.53 Å². The lowest BCUT2D eigenvalue weighted by atomic mass is 10.3. The summed E-state index contributed by atoms with van der Waals surface area (Å²) in [4.78, 5) is 16.3. The van der Waals surface area contributed by atoms with Gasteiger partial charge in [-0.2, -0.15) is 5.10 Å². The van der Waals surface area contributed by atoms with Gasteiger partial charge in [-0.15, -0.1) is 0 Å². The number of hydrogen-bond acceptors (Lipinski definition) is 4. The van der Waals surface area contributed by atoms with Gasteiger partial charge in [-0.3, -0.25) is 0 Å². The van der Waals surface area contributed by atoms with E-state index in [9.17, 15) is 4.79 Å². The number of amides is 1. The number of ether oxygens (including phenoxy) is 1. The van der Waals surface area contributed by atoms with Gasteiger partial charge in [0.25, 0.3) is 0 Å². The third-order valence-electron chi connectivity index (χ3n) is 1.91. The third kappa shape index (κ3) is 1.61. The fourth-order valence-electron chi connectivity index (χ4n) is 1.28. The van der Waals surface area contributed by atoms with Gasteiger partial charge in [0.1, 0.15) is 18.8 Å². The standard InChI is InChI=1S/C7H10N4O2/c1-10-2-6(13-7(10)12)3-11-5-8-4-9-11/h4-6H,2-3H2,1H3. The van der Waals surface area contributed by atoms with Gasteiger partial charge in [-0.1, -0.05) is 0 Å². The maximum atomic E-state index is 11.0. The highest BCUT2D eigenvalue weighted by Crippen LogP contribution is 2.09. The third-order valence-corrected chi connectivity index (χ3v) is 1.91. The van der Waals surface area contributed by atoms with E-state index in [0.717, 1.165) is 0 Å². The number of cyclic esters (lactones) is 1. The second kappa shape index (κ2) is 3.04. The Labute approximate surface area is 75.1 Å². The molecule has 0 saturated carbocycles. The van der Waals surface area contributed by atoms with Crippen LogP contribution in [0.15, 0.2) is 12.7 Å². The van der Waals surface area contributed by atoms with Gasteiger partial charge < -0.3 is 9.64 Å². The second-order valence-electron chi connectivity index (χ2n) is 3.00. The lowest BCUT2D eigenvalue weighted by Gasteiger charge is -2.06. The molecule has 1 unspecified atom stereocenters. The van der Waals surface area contributed by atoms with Crippen molar-refractivity contribution in [2.24, 2.45) is 0 Å². The molecule has 0 radical (unpaired) electrons. The van der Waals surface area contributed by atoms with E-state index in [4.69, 9.17) is 4.74 Å². The molecule has 6 heteroatoms. The molecule has 2 rings (SSSR count). The summed E-state index contributed by atoms with van der Waals surface area (Å²) in [5.41, 5.74) is 0. The molecule has 1 aliphatic heterocycles. The Morgan fingerprint density at radius 3 is 3.15 bits per heavy atom. The summed E-state index contributed by atoms with van der Waals surface area (Å²) in [7, 11) is 1.71. The van der Waals surface area contributed by atoms with Crippen LogP contribution in [0.2, 0.25) is 0 Å². The number of carbonyl (C=O) groups is 1. The van der Waals surface area contributed by atoms with Gasteiger partial charge in [0.2, 0.25) is 0 Å². The van der Waals surface area contributed by atoms with Crippen LogP contribution < -0.4 is 0 Å². The van der Waals surface area contributed by atoms with Crippen LogP contribution in [0.4, 0.5) is 4.79 Å². The van der Waals surface area contributed by atoms with Crippen LogP contribution >= 0.6 is 0 Å². The summed E-state index contributed by atoms with van der Waals surface area (Å²) >= 11 is 0. The number of hydrogen-bond donors (Lipinski definition) is 0. The van der Waals surface area contributed by atoms with Crippen LogP contribution in [0.3, 0.4) is 0 Å². The Kier molecular flexibility index (Phi) is 1.88. The normalized spacial score (nSPS) is 22.1. The van der Waals surface area contributed by atoms with Crippen molar-refractivity contribution in [1.29, 1.82) is 0 Å². The molecule has 0 aliphatic carbocycles. The minimum atomic E-state index is -0.273. The zero-order chi connectivity index (χ0) is 9.26. The highest BCUT2D eigenvalue weighted by atomic mass is 16.6. The van der Waals surface area contributed by atoms with Crippen molar-refractivity contribution in [3.8, 4) is 0 Å². The SMILES string of the molecule is CN1CC(Cn2cncn2)OC1=O. The van der Waals surface area contributed by atoms with Gasteiger partial charge in [0.15, 0.2) is 0 Å². The molecule has 13 heavy (non-hydrogen) atoms. The first-order valence-corrected chi connectivity index (χ1v) is 4.00. The molecule has 1 amide bonds. The number of likely N-dealkylation sites (N-methyl/N-ethyl adjacent to an activating group) is 1. The lowest BCUT2D eigenvalue weighted by molar-refractivity contribution is 0.124. The molecule has 1 aliphatic rings. The van der Waals surface area contributed by atoms with E-state index in [2.05, 4.69) is 10.1 Å². The molecule has 1 fully saturated rings. The summed E-state index contributed by atoms with van der Waals surface area (Å²) < 4.78 is 6.70. The Morgan fingerprint density at radius 2 is 2.62 bits per heavy atom. The molecule has 70 valence electrons. The molecule has 1 saturated heterocycles. The summed E-state index contributed by atoms with van der Waals surface area (Å²) in [5.74, 6) is 0. The zero-order valence-corrected chi connectivity index (χ0v) is 7.25.